The second kappa shape index (κ2) is 8.39. The molecule has 122 valence electrons. The van der Waals surface area contributed by atoms with Crippen LogP contribution >= 0.6 is 11.6 Å². The highest BCUT2D eigenvalue weighted by Gasteiger charge is 2.17. The number of halogens is 1. The van der Waals surface area contributed by atoms with Crippen molar-refractivity contribution in [3.8, 4) is 5.75 Å². The molecule has 22 heavy (non-hydrogen) atoms. The highest BCUT2D eigenvalue weighted by Crippen LogP contribution is 2.22. The lowest BCUT2D eigenvalue weighted by Gasteiger charge is -2.33. The van der Waals surface area contributed by atoms with Crippen molar-refractivity contribution in [1.82, 2.24) is 10.2 Å². The molecule has 5 heteroatoms. The number of ether oxygens (including phenoxy) is 1. The van der Waals surface area contributed by atoms with Crippen LogP contribution in [-0.4, -0.2) is 43.6 Å². The molecule has 2 rings (SSSR count). The van der Waals surface area contributed by atoms with Gasteiger partial charge in [0, 0.05) is 24.2 Å². The van der Waals surface area contributed by atoms with Crippen molar-refractivity contribution in [1.29, 1.82) is 0 Å². The molecule has 1 N–H and O–H groups in total. The van der Waals surface area contributed by atoms with Gasteiger partial charge in [0.15, 0.2) is 0 Å². The molecule has 1 aliphatic heterocycles. The third-order valence-corrected chi connectivity index (χ3v) is 4.49. The Hall–Kier alpha value is -1.26. The Morgan fingerprint density at radius 2 is 2.27 bits per heavy atom. The van der Waals surface area contributed by atoms with Crippen molar-refractivity contribution < 1.29 is 9.53 Å². The molecule has 0 radical (unpaired) electrons. The molecule has 4 nitrogen and oxygen atoms in total. The Balaban J connectivity index is 1.79. The summed E-state index contributed by atoms with van der Waals surface area (Å²) in [7, 11) is 1.55. The molecular weight excluding hydrogens is 300 g/mol. The molecule has 1 heterocycles. The maximum Gasteiger partial charge on any atom is 0.255 e. The van der Waals surface area contributed by atoms with Crippen LogP contribution in [0.1, 0.15) is 43.0 Å². The van der Waals surface area contributed by atoms with Crippen molar-refractivity contribution in [3.05, 3.63) is 28.8 Å². The number of carbonyl (C=O) groups excluding carboxylic acids is 1. The van der Waals surface area contributed by atoms with E-state index in [9.17, 15) is 4.79 Å². The number of likely N-dealkylation sites (tertiary alicyclic amines) is 1. The standard InChI is InChI=1S/C17H25ClN2O2/c1-13-6-3-4-10-20(13)11-5-9-19-17(21)15-12-14(18)7-8-16(15)22-2/h7-8,12-13H,3-6,9-11H2,1-2H3,(H,19,21)/t13-/m1/s1. The number of methoxy groups -OCH3 is 1. The van der Waals surface area contributed by atoms with Crippen LogP contribution in [0.25, 0.3) is 0 Å². The molecule has 0 aliphatic carbocycles. The van der Waals surface area contributed by atoms with E-state index in [0.29, 0.717) is 28.9 Å². The van der Waals surface area contributed by atoms with E-state index < -0.39 is 0 Å². The Morgan fingerprint density at radius 3 is 3.00 bits per heavy atom. The highest BCUT2D eigenvalue weighted by atomic mass is 35.5. The smallest absolute Gasteiger partial charge is 0.255 e. The minimum atomic E-state index is -0.133. The lowest BCUT2D eigenvalue weighted by atomic mass is 10.0. The van der Waals surface area contributed by atoms with Crippen molar-refractivity contribution in [2.45, 2.75) is 38.6 Å². The van der Waals surface area contributed by atoms with Crippen LogP contribution in [0.5, 0.6) is 5.75 Å². The first kappa shape index (κ1) is 17.1. The summed E-state index contributed by atoms with van der Waals surface area (Å²) in [6, 6.07) is 5.74. The van der Waals surface area contributed by atoms with Crippen LogP contribution in [-0.2, 0) is 0 Å². The number of benzene rings is 1. The molecule has 0 spiro atoms. The van der Waals surface area contributed by atoms with Crippen LogP contribution < -0.4 is 10.1 Å². The molecule has 1 amide bonds. The average Bonchev–Trinajstić information content (AvgIpc) is 2.52. The van der Waals surface area contributed by atoms with E-state index in [2.05, 4.69) is 17.1 Å². The zero-order valence-electron chi connectivity index (χ0n) is 13.4. The Bertz CT molecular complexity index is 507. The van der Waals surface area contributed by atoms with Gasteiger partial charge in [0.25, 0.3) is 5.91 Å². The number of nitrogens with zero attached hydrogens (tertiary/aromatic N) is 1. The van der Waals surface area contributed by atoms with Gasteiger partial charge in [0.2, 0.25) is 0 Å². The Morgan fingerprint density at radius 1 is 1.45 bits per heavy atom. The van der Waals surface area contributed by atoms with Crippen LogP contribution in [0.4, 0.5) is 0 Å². The van der Waals surface area contributed by atoms with E-state index in [1.807, 2.05) is 0 Å². The first-order valence-electron chi connectivity index (χ1n) is 7.97. The third kappa shape index (κ3) is 4.62. The summed E-state index contributed by atoms with van der Waals surface area (Å²) >= 11 is 5.95. The fourth-order valence-corrected chi connectivity index (χ4v) is 3.10. The number of hydrogen-bond donors (Lipinski definition) is 1. The van der Waals surface area contributed by atoms with Crippen LogP contribution in [0.15, 0.2) is 18.2 Å². The highest BCUT2D eigenvalue weighted by molar-refractivity contribution is 6.31. The molecule has 1 saturated heterocycles. The predicted molar refractivity (Wildman–Crippen MR) is 89.8 cm³/mol. The summed E-state index contributed by atoms with van der Waals surface area (Å²) in [6.07, 6.45) is 4.87. The summed E-state index contributed by atoms with van der Waals surface area (Å²) in [6.45, 7) is 5.16. The fourth-order valence-electron chi connectivity index (χ4n) is 2.93. The third-order valence-electron chi connectivity index (χ3n) is 4.25. The van der Waals surface area contributed by atoms with E-state index in [4.69, 9.17) is 16.3 Å². The predicted octanol–water partition coefficient (Wildman–Crippen LogP) is 3.34. The van der Waals surface area contributed by atoms with Crippen molar-refractivity contribution in [2.24, 2.45) is 0 Å². The Kier molecular flexibility index (Phi) is 6.52. The van der Waals surface area contributed by atoms with E-state index in [1.165, 1.54) is 25.8 Å². The average molecular weight is 325 g/mol. The zero-order valence-corrected chi connectivity index (χ0v) is 14.2. The molecule has 1 aliphatic rings. The van der Waals surface area contributed by atoms with Gasteiger partial charge in [0.05, 0.1) is 12.7 Å². The van der Waals surface area contributed by atoms with Gasteiger partial charge in [-0.05, 0) is 50.9 Å². The molecular formula is C17H25ClN2O2. The first-order chi connectivity index (χ1) is 10.6. The van der Waals surface area contributed by atoms with Gasteiger partial charge in [-0.25, -0.2) is 0 Å². The monoisotopic (exact) mass is 324 g/mol. The SMILES string of the molecule is COc1ccc(Cl)cc1C(=O)NCCCN1CCCC[C@H]1C. The minimum Gasteiger partial charge on any atom is -0.496 e. The second-order valence-corrected chi connectivity index (χ2v) is 6.27. The molecule has 0 unspecified atom stereocenters. The fraction of sp³-hybridized carbons (Fsp3) is 0.588. The van der Waals surface area contributed by atoms with E-state index in [0.717, 1.165) is 13.0 Å². The number of rotatable bonds is 6. The maximum absolute atomic E-state index is 12.2. The number of nitrogens with one attached hydrogen (secondary N) is 1. The summed E-state index contributed by atoms with van der Waals surface area (Å²) in [4.78, 5) is 14.7. The van der Waals surface area contributed by atoms with Gasteiger partial charge in [-0.1, -0.05) is 18.0 Å². The van der Waals surface area contributed by atoms with Crippen LogP contribution in [0.2, 0.25) is 5.02 Å². The molecule has 0 bridgehead atoms. The first-order valence-corrected chi connectivity index (χ1v) is 8.35. The normalized spacial score (nSPS) is 19.0. The van der Waals surface area contributed by atoms with Crippen molar-refractivity contribution >= 4 is 17.5 Å². The van der Waals surface area contributed by atoms with Gasteiger partial charge in [-0.3, -0.25) is 4.79 Å². The number of carbonyl (C=O) groups is 1. The summed E-state index contributed by atoms with van der Waals surface area (Å²) < 4.78 is 5.21. The van der Waals surface area contributed by atoms with Crippen molar-refractivity contribution in [3.63, 3.8) is 0 Å². The molecule has 0 saturated carbocycles. The van der Waals surface area contributed by atoms with Crippen LogP contribution in [0, 0.1) is 0 Å². The van der Waals surface area contributed by atoms with E-state index in [-0.39, 0.29) is 5.91 Å². The van der Waals surface area contributed by atoms with Gasteiger partial charge in [-0.2, -0.15) is 0 Å². The molecule has 1 atom stereocenters. The van der Waals surface area contributed by atoms with E-state index >= 15 is 0 Å². The van der Waals surface area contributed by atoms with E-state index in [1.54, 1.807) is 25.3 Å². The number of amides is 1. The number of piperidine rings is 1. The summed E-state index contributed by atoms with van der Waals surface area (Å²) in [5.74, 6) is 0.414. The van der Waals surface area contributed by atoms with Crippen molar-refractivity contribution in [2.75, 3.05) is 26.7 Å². The lowest BCUT2D eigenvalue weighted by molar-refractivity contribution is 0.0946. The maximum atomic E-state index is 12.2. The van der Waals surface area contributed by atoms with Crippen LogP contribution in [0.3, 0.4) is 0 Å². The summed E-state index contributed by atoms with van der Waals surface area (Å²) in [5, 5.41) is 3.49. The van der Waals surface area contributed by atoms with Gasteiger partial charge >= 0.3 is 0 Å². The second-order valence-electron chi connectivity index (χ2n) is 5.83. The molecule has 1 fully saturated rings. The minimum absolute atomic E-state index is 0.133. The number of hydrogen-bond acceptors (Lipinski definition) is 3. The molecule has 1 aromatic rings. The lowest BCUT2D eigenvalue weighted by Crippen LogP contribution is -2.39. The molecule has 0 aromatic heterocycles. The quantitative estimate of drug-likeness (QED) is 0.816. The zero-order chi connectivity index (χ0) is 15.9. The topological polar surface area (TPSA) is 41.6 Å². The van der Waals surface area contributed by atoms with Gasteiger partial charge in [0.1, 0.15) is 5.75 Å². The molecule has 1 aromatic carbocycles. The Labute approximate surface area is 137 Å². The largest absolute Gasteiger partial charge is 0.496 e. The van der Waals surface area contributed by atoms with Gasteiger partial charge < -0.3 is 15.0 Å². The van der Waals surface area contributed by atoms with Gasteiger partial charge in [-0.15, -0.1) is 0 Å². The summed E-state index contributed by atoms with van der Waals surface area (Å²) in [5.41, 5.74) is 0.487.